The van der Waals surface area contributed by atoms with Crippen LogP contribution in [0.1, 0.15) is 10.4 Å². The number of anilines is 1. The van der Waals surface area contributed by atoms with E-state index in [2.05, 4.69) is 10.3 Å². The lowest BCUT2D eigenvalue weighted by Gasteiger charge is -2.14. The lowest BCUT2D eigenvalue weighted by atomic mass is 10.1. The summed E-state index contributed by atoms with van der Waals surface area (Å²) in [4.78, 5) is 17.3. The van der Waals surface area contributed by atoms with E-state index in [-0.39, 0.29) is 5.91 Å². The predicted molar refractivity (Wildman–Crippen MR) is 115 cm³/mol. The molecule has 0 radical (unpaired) electrons. The molecular formula is C23H21N3O4. The van der Waals surface area contributed by atoms with Gasteiger partial charge >= 0.3 is 0 Å². The van der Waals surface area contributed by atoms with Gasteiger partial charge in [-0.1, -0.05) is 18.2 Å². The van der Waals surface area contributed by atoms with Gasteiger partial charge in [0, 0.05) is 29.1 Å². The van der Waals surface area contributed by atoms with Crippen molar-refractivity contribution in [3.05, 3.63) is 72.6 Å². The molecule has 0 aliphatic rings. The monoisotopic (exact) mass is 403 g/mol. The summed E-state index contributed by atoms with van der Waals surface area (Å²) >= 11 is 0. The minimum atomic E-state index is -0.263. The molecule has 1 N–H and O–H groups in total. The summed E-state index contributed by atoms with van der Waals surface area (Å²) < 4.78 is 18.0. The number of benzene rings is 3. The van der Waals surface area contributed by atoms with Crippen LogP contribution in [0.5, 0.6) is 17.2 Å². The van der Waals surface area contributed by atoms with Crippen LogP contribution in [0.25, 0.3) is 16.7 Å². The summed E-state index contributed by atoms with van der Waals surface area (Å²) in [6, 6.07) is 18.7. The highest BCUT2D eigenvalue weighted by atomic mass is 16.5. The van der Waals surface area contributed by atoms with E-state index in [9.17, 15) is 4.79 Å². The minimum absolute atomic E-state index is 0.263. The summed E-state index contributed by atoms with van der Waals surface area (Å²) in [6.45, 7) is 0. The smallest absolute Gasteiger partial charge is 0.255 e. The largest absolute Gasteiger partial charge is 0.493 e. The molecule has 0 saturated heterocycles. The number of hydrogen-bond donors (Lipinski definition) is 1. The van der Waals surface area contributed by atoms with E-state index in [1.165, 1.54) is 21.3 Å². The molecule has 1 heterocycles. The standard InChI is InChI=1S/C23H21N3O4/c1-28-20-12-16(13-21(29-2)22(20)30-3)25-23(27)15-9-10-19-18(11-15)24-14-26(19)17-7-5-4-6-8-17/h4-14H,1-3H3,(H,25,27). The molecule has 0 bridgehead atoms. The molecule has 1 amide bonds. The normalized spacial score (nSPS) is 10.6. The van der Waals surface area contributed by atoms with Gasteiger partial charge < -0.3 is 19.5 Å². The van der Waals surface area contributed by atoms with Crippen LogP contribution in [0.15, 0.2) is 67.0 Å². The van der Waals surface area contributed by atoms with Gasteiger partial charge in [-0.3, -0.25) is 9.36 Å². The average molecular weight is 403 g/mol. The van der Waals surface area contributed by atoms with Crippen LogP contribution < -0.4 is 19.5 Å². The van der Waals surface area contributed by atoms with Gasteiger partial charge in [0.15, 0.2) is 11.5 Å². The fraction of sp³-hybridized carbons (Fsp3) is 0.130. The second-order valence-corrected chi connectivity index (χ2v) is 6.52. The molecule has 152 valence electrons. The topological polar surface area (TPSA) is 74.6 Å². The van der Waals surface area contributed by atoms with E-state index in [0.29, 0.717) is 28.5 Å². The van der Waals surface area contributed by atoms with Crippen LogP contribution in [0, 0.1) is 0 Å². The molecule has 4 aromatic rings. The zero-order valence-electron chi connectivity index (χ0n) is 16.9. The van der Waals surface area contributed by atoms with Crippen molar-refractivity contribution in [3.8, 4) is 22.9 Å². The Hall–Kier alpha value is -4.00. The Morgan fingerprint density at radius 3 is 2.23 bits per heavy atom. The first-order valence-electron chi connectivity index (χ1n) is 9.28. The van der Waals surface area contributed by atoms with Crippen LogP contribution >= 0.6 is 0 Å². The minimum Gasteiger partial charge on any atom is -0.493 e. The van der Waals surface area contributed by atoms with Crippen LogP contribution in [-0.4, -0.2) is 36.8 Å². The molecule has 7 heteroatoms. The molecule has 0 atom stereocenters. The maximum atomic E-state index is 12.8. The van der Waals surface area contributed by atoms with Crippen molar-refractivity contribution < 1.29 is 19.0 Å². The number of para-hydroxylation sites is 1. The number of aromatic nitrogens is 2. The molecule has 0 spiro atoms. The zero-order valence-corrected chi connectivity index (χ0v) is 16.9. The highest BCUT2D eigenvalue weighted by Crippen LogP contribution is 2.40. The summed E-state index contributed by atoms with van der Waals surface area (Å²) in [7, 11) is 4.59. The van der Waals surface area contributed by atoms with Gasteiger partial charge in [0.05, 0.1) is 32.4 Å². The van der Waals surface area contributed by atoms with E-state index in [4.69, 9.17) is 14.2 Å². The zero-order chi connectivity index (χ0) is 21.1. The number of hydrogen-bond acceptors (Lipinski definition) is 5. The molecule has 4 rings (SSSR count). The van der Waals surface area contributed by atoms with Crippen molar-refractivity contribution in [2.24, 2.45) is 0 Å². The Balaban J connectivity index is 1.63. The first kappa shape index (κ1) is 19.3. The molecule has 1 aromatic heterocycles. The number of imidazole rings is 1. The predicted octanol–water partition coefficient (Wildman–Crippen LogP) is 4.30. The summed E-state index contributed by atoms with van der Waals surface area (Å²) in [5.41, 5.74) is 3.69. The fourth-order valence-electron chi connectivity index (χ4n) is 3.30. The van der Waals surface area contributed by atoms with Gasteiger partial charge in [0.2, 0.25) is 5.75 Å². The van der Waals surface area contributed by atoms with Crippen LogP contribution in [0.2, 0.25) is 0 Å². The maximum Gasteiger partial charge on any atom is 0.255 e. The van der Waals surface area contributed by atoms with Crippen LogP contribution in [0.3, 0.4) is 0 Å². The Morgan fingerprint density at radius 2 is 1.60 bits per heavy atom. The van der Waals surface area contributed by atoms with Gasteiger partial charge in [0.25, 0.3) is 5.91 Å². The van der Waals surface area contributed by atoms with Gasteiger partial charge in [-0.2, -0.15) is 0 Å². The number of methoxy groups -OCH3 is 3. The van der Waals surface area contributed by atoms with Gasteiger partial charge in [-0.15, -0.1) is 0 Å². The number of nitrogens with zero attached hydrogens (tertiary/aromatic N) is 2. The molecule has 7 nitrogen and oxygen atoms in total. The SMILES string of the molecule is COc1cc(NC(=O)c2ccc3c(c2)ncn3-c2ccccc2)cc(OC)c1OC. The molecule has 0 aliphatic heterocycles. The van der Waals surface area contributed by atoms with Crippen molar-refractivity contribution in [3.63, 3.8) is 0 Å². The molecular weight excluding hydrogens is 382 g/mol. The van der Waals surface area contributed by atoms with Gasteiger partial charge in [-0.25, -0.2) is 4.98 Å². The van der Waals surface area contributed by atoms with Crippen molar-refractivity contribution in [1.82, 2.24) is 9.55 Å². The highest BCUT2D eigenvalue weighted by Gasteiger charge is 2.16. The summed E-state index contributed by atoms with van der Waals surface area (Å²) in [5.74, 6) is 1.12. The summed E-state index contributed by atoms with van der Waals surface area (Å²) in [6.07, 6.45) is 1.75. The lowest BCUT2D eigenvalue weighted by Crippen LogP contribution is -2.12. The average Bonchev–Trinajstić information content (AvgIpc) is 3.22. The van der Waals surface area contributed by atoms with Crippen LogP contribution in [0.4, 0.5) is 5.69 Å². The highest BCUT2D eigenvalue weighted by molar-refractivity contribution is 6.06. The third kappa shape index (κ3) is 3.53. The summed E-state index contributed by atoms with van der Waals surface area (Å²) in [5, 5.41) is 2.87. The molecule has 0 unspecified atom stereocenters. The van der Waals surface area contributed by atoms with Crippen molar-refractivity contribution in [2.45, 2.75) is 0 Å². The van der Waals surface area contributed by atoms with E-state index in [1.54, 1.807) is 30.6 Å². The number of ether oxygens (including phenoxy) is 3. The van der Waals surface area contributed by atoms with Crippen molar-refractivity contribution in [1.29, 1.82) is 0 Å². The second kappa shape index (κ2) is 8.16. The molecule has 30 heavy (non-hydrogen) atoms. The van der Waals surface area contributed by atoms with Crippen molar-refractivity contribution in [2.75, 3.05) is 26.6 Å². The third-order valence-electron chi connectivity index (χ3n) is 4.77. The first-order chi connectivity index (χ1) is 14.6. The van der Waals surface area contributed by atoms with E-state index >= 15 is 0 Å². The number of carbonyl (C=O) groups excluding carboxylic acids is 1. The molecule has 0 fully saturated rings. The van der Waals surface area contributed by atoms with Crippen LogP contribution in [-0.2, 0) is 0 Å². The van der Waals surface area contributed by atoms with Crippen molar-refractivity contribution >= 4 is 22.6 Å². The van der Waals surface area contributed by atoms with E-state index < -0.39 is 0 Å². The third-order valence-corrected chi connectivity index (χ3v) is 4.77. The van der Waals surface area contributed by atoms with Gasteiger partial charge in [-0.05, 0) is 30.3 Å². The number of nitrogens with one attached hydrogen (secondary N) is 1. The number of fused-ring (bicyclic) bond motifs is 1. The number of amides is 1. The Morgan fingerprint density at radius 1 is 0.900 bits per heavy atom. The Bertz CT molecular complexity index is 1180. The number of rotatable bonds is 6. The maximum absolute atomic E-state index is 12.8. The second-order valence-electron chi connectivity index (χ2n) is 6.52. The molecule has 3 aromatic carbocycles. The lowest BCUT2D eigenvalue weighted by molar-refractivity contribution is 0.102. The first-order valence-corrected chi connectivity index (χ1v) is 9.28. The Kier molecular flexibility index (Phi) is 5.26. The number of carbonyl (C=O) groups is 1. The molecule has 0 aliphatic carbocycles. The van der Waals surface area contributed by atoms with E-state index in [0.717, 1.165) is 16.7 Å². The molecule has 0 saturated carbocycles. The quantitative estimate of drug-likeness (QED) is 0.519. The van der Waals surface area contributed by atoms with Gasteiger partial charge in [0.1, 0.15) is 6.33 Å². The van der Waals surface area contributed by atoms with E-state index in [1.807, 2.05) is 41.0 Å². The Labute approximate surface area is 173 Å². The fourth-order valence-corrected chi connectivity index (χ4v) is 3.30.